The minimum atomic E-state index is -0.913. The van der Waals surface area contributed by atoms with E-state index in [1.165, 1.54) is 9.58 Å². The Labute approximate surface area is 151 Å². The number of anilines is 1. The molecule has 9 heteroatoms. The molecule has 0 radical (unpaired) electrons. The Morgan fingerprint density at radius 1 is 1.31 bits per heavy atom. The molecule has 1 aliphatic rings. The number of nitrogens with one attached hydrogen (secondary N) is 1. The number of aliphatic carboxylic acids is 1. The van der Waals surface area contributed by atoms with Gasteiger partial charge < -0.3 is 10.0 Å². The van der Waals surface area contributed by atoms with Crippen LogP contribution in [0.2, 0.25) is 0 Å². The Kier molecular flexibility index (Phi) is 4.62. The van der Waals surface area contributed by atoms with Gasteiger partial charge in [-0.3, -0.25) is 10.1 Å². The van der Waals surface area contributed by atoms with Gasteiger partial charge in [0.25, 0.3) is 5.95 Å². The highest BCUT2D eigenvalue weighted by Gasteiger charge is 2.42. The molecule has 0 aromatic carbocycles. The third-order valence-corrected chi connectivity index (χ3v) is 4.57. The number of amides is 2. The zero-order valence-corrected chi connectivity index (χ0v) is 15.0. The third kappa shape index (κ3) is 3.37. The van der Waals surface area contributed by atoms with Crippen molar-refractivity contribution in [3.8, 4) is 5.95 Å². The lowest BCUT2D eigenvalue weighted by Crippen LogP contribution is -2.37. The SMILES string of the molecule is CC(C)c1cc(NC(=O)N2CCC(C)(C(=O)O)C2)n(-c2ncccn2)n1. The van der Waals surface area contributed by atoms with Gasteiger partial charge in [-0.2, -0.15) is 9.78 Å². The molecule has 9 nitrogen and oxygen atoms in total. The first-order valence-corrected chi connectivity index (χ1v) is 8.47. The second-order valence-corrected chi connectivity index (χ2v) is 7.04. The van der Waals surface area contributed by atoms with Crippen LogP contribution in [0, 0.1) is 5.41 Å². The number of likely N-dealkylation sites (tertiary alicyclic amines) is 1. The van der Waals surface area contributed by atoms with E-state index in [2.05, 4.69) is 20.4 Å². The van der Waals surface area contributed by atoms with Crippen LogP contribution in [-0.4, -0.2) is 54.8 Å². The topological polar surface area (TPSA) is 113 Å². The van der Waals surface area contributed by atoms with Gasteiger partial charge in [-0.15, -0.1) is 0 Å². The maximum Gasteiger partial charge on any atom is 0.323 e. The summed E-state index contributed by atoms with van der Waals surface area (Å²) in [5, 5.41) is 16.6. The van der Waals surface area contributed by atoms with E-state index in [0.717, 1.165) is 5.69 Å². The molecule has 2 amide bonds. The predicted molar refractivity (Wildman–Crippen MR) is 94.2 cm³/mol. The van der Waals surface area contributed by atoms with Gasteiger partial charge in [-0.25, -0.2) is 14.8 Å². The average molecular weight is 358 g/mol. The fourth-order valence-electron chi connectivity index (χ4n) is 2.82. The van der Waals surface area contributed by atoms with E-state index >= 15 is 0 Å². The first-order valence-electron chi connectivity index (χ1n) is 8.47. The van der Waals surface area contributed by atoms with Crippen LogP contribution in [0.5, 0.6) is 0 Å². The van der Waals surface area contributed by atoms with E-state index in [1.54, 1.807) is 31.5 Å². The number of urea groups is 1. The lowest BCUT2D eigenvalue weighted by Gasteiger charge is -2.20. The van der Waals surface area contributed by atoms with Crippen molar-refractivity contribution in [3.63, 3.8) is 0 Å². The Hall–Kier alpha value is -2.97. The summed E-state index contributed by atoms with van der Waals surface area (Å²) >= 11 is 0. The molecule has 26 heavy (non-hydrogen) atoms. The molecule has 1 aliphatic heterocycles. The number of nitrogens with zero attached hydrogens (tertiary/aromatic N) is 5. The van der Waals surface area contributed by atoms with Crippen LogP contribution < -0.4 is 5.32 Å². The Balaban J connectivity index is 1.83. The van der Waals surface area contributed by atoms with Crippen molar-refractivity contribution in [2.75, 3.05) is 18.4 Å². The van der Waals surface area contributed by atoms with E-state index in [0.29, 0.717) is 24.7 Å². The van der Waals surface area contributed by atoms with Crippen molar-refractivity contribution in [2.45, 2.75) is 33.1 Å². The third-order valence-electron chi connectivity index (χ3n) is 4.57. The van der Waals surface area contributed by atoms with Crippen molar-refractivity contribution in [1.82, 2.24) is 24.6 Å². The fraction of sp³-hybridized carbons (Fsp3) is 0.471. The van der Waals surface area contributed by atoms with Crippen LogP contribution in [0.4, 0.5) is 10.6 Å². The van der Waals surface area contributed by atoms with Gasteiger partial charge in [-0.1, -0.05) is 13.8 Å². The lowest BCUT2D eigenvalue weighted by atomic mass is 9.90. The Morgan fingerprint density at radius 2 is 2.00 bits per heavy atom. The Morgan fingerprint density at radius 3 is 2.58 bits per heavy atom. The van der Waals surface area contributed by atoms with Crippen LogP contribution in [0.1, 0.15) is 38.8 Å². The van der Waals surface area contributed by atoms with Crippen molar-refractivity contribution in [1.29, 1.82) is 0 Å². The summed E-state index contributed by atoms with van der Waals surface area (Å²) < 4.78 is 1.49. The van der Waals surface area contributed by atoms with Crippen LogP contribution in [-0.2, 0) is 4.79 Å². The summed E-state index contributed by atoms with van der Waals surface area (Å²) in [6.07, 6.45) is 3.63. The smallest absolute Gasteiger partial charge is 0.323 e. The summed E-state index contributed by atoms with van der Waals surface area (Å²) in [4.78, 5) is 33.9. The van der Waals surface area contributed by atoms with E-state index in [4.69, 9.17) is 0 Å². The molecule has 138 valence electrons. The zero-order chi connectivity index (χ0) is 18.9. The van der Waals surface area contributed by atoms with Gasteiger partial charge in [0.1, 0.15) is 5.82 Å². The number of rotatable bonds is 4. The molecule has 0 bridgehead atoms. The number of aromatic nitrogens is 4. The van der Waals surface area contributed by atoms with Gasteiger partial charge in [-0.05, 0) is 25.3 Å². The quantitative estimate of drug-likeness (QED) is 0.865. The number of carboxylic acid groups (broad SMARTS) is 1. The Bertz CT molecular complexity index is 819. The lowest BCUT2D eigenvalue weighted by molar-refractivity contribution is -0.146. The molecule has 2 N–H and O–H groups in total. The van der Waals surface area contributed by atoms with Gasteiger partial charge >= 0.3 is 12.0 Å². The predicted octanol–water partition coefficient (Wildman–Crippen LogP) is 2.11. The van der Waals surface area contributed by atoms with Gasteiger partial charge in [0.15, 0.2) is 0 Å². The molecule has 0 aliphatic carbocycles. The highest BCUT2D eigenvalue weighted by molar-refractivity contribution is 5.90. The maximum atomic E-state index is 12.6. The molecule has 0 spiro atoms. The van der Waals surface area contributed by atoms with Crippen molar-refractivity contribution >= 4 is 17.8 Å². The molecule has 1 atom stereocenters. The molecule has 2 aromatic rings. The van der Waals surface area contributed by atoms with Crippen LogP contribution in [0.15, 0.2) is 24.5 Å². The van der Waals surface area contributed by atoms with Crippen LogP contribution in [0.25, 0.3) is 5.95 Å². The van der Waals surface area contributed by atoms with Crippen molar-refractivity contribution < 1.29 is 14.7 Å². The summed E-state index contributed by atoms with van der Waals surface area (Å²) in [6.45, 7) is 6.22. The second kappa shape index (κ2) is 6.74. The molecular weight excluding hydrogens is 336 g/mol. The number of carboxylic acids is 1. The minimum Gasteiger partial charge on any atom is -0.481 e. The number of carbonyl (C=O) groups excluding carboxylic acids is 1. The second-order valence-electron chi connectivity index (χ2n) is 7.04. The van der Waals surface area contributed by atoms with Gasteiger partial charge in [0.05, 0.1) is 11.1 Å². The molecule has 0 saturated carbocycles. The normalized spacial score (nSPS) is 19.8. The first-order chi connectivity index (χ1) is 12.3. The zero-order valence-electron chi connectivity index (χ0n) is 15.0. The highest BCUT2D eigenvalue weighted by Crippen LogP contribution is 2.30. The van der Waals surface area contributed by atoms with Crippen LogP contribution in [0.3, 0.4) is 0 Å². The molecule has 2 aromatic heterocycles. The number of hydrogen-bond donors (Lipinski definition) is 2. The van der Waals surface area contributed by atoms with E-state index in [1.807, 2.05) is 13.8 Å². The highest BCUT2D eigenvalue weighted by atomic mass is 16.4. The molecule has 1 unspecified atom stereocenters. The molecule has 1 saturated heterocycles. The van der Waals surface area contributed by atoms with Crippen LogP contribution >= 0.6 is 0 Å². The molecular formula is C17H22N6O3. The van der Waals surface area contributed by atoms with Crippen molar-refractivity contribution in [3.05, 3.63) is 30.2 Å². The monoisotopic (exact) mass is 358 g/mol. The molecule has 1 fully saturated rings. The van der Waals surface area contributed by atoms with E-state index in [-0.39, 0.29) is 18.5 Å². The summed E-state index contributed by atoms with van der Waals surface area (Å²) in [6, 6.07) is 3.12. The van der Waals surface area contributed by atoms with Gasteiger partial charge in [0.2, 0.25) is 0 Å². The largest absolute Gasteiger partial charge is 0.481 e. The fourth-order valence-corrected chi connectivity index (χ4v) is 2.82. The number of hydrogen-bond acceptors (Lipinski definition) is 5. The molecule has 3 rings (SSSR count). The first kappa shape index (κ1) is 17.8. The average Bonchev–Trinajstić information content (AvgIpc) is 3.21. The maximum absolute atomic E-state index is 12.6. The number of carbonyl (C=O) groups is 2. The van der Waals surface area contributed by atoms with E-state index < -0.39 is 11.4 Å². The summed E-state index contributed by atoms with van der Waals surface area (Å²) in [7, 11) is 0. The van der Waals surface area contributed by atoms with Gasteiger partial charge in [0, 0.05) is 31.5 Å². The van der Waals surface area contributed by atoms with Crippen molar-refractivity contribution in [2.24, 2.45) is 5.41 Å². The minimum absolute atomic E-state index is 0.165. The van der Waals surface area contributed by atoms with E-state index in [9.17, 15) is 14.7 Å². The summed E-state index contributed by atoms with van der Waals surface area (Å²) in [5.41, 5.74) is -0.118. The summed E-state index contributed by atoms with van der Waals surface area (Å²) in [5.74, 6) is 0.0793. The standard InChI is InChI=1S/C17H22N6O3/c1-11(2)12-9-13(23(21-12)15-18-6-4-7-19-15)20-16(26)22-8-5-17(3,10-22)14(24)25/h4,6-7,9,11H,5,8,10H2,1-3H3,(H,20,26)(H,24,25). The molecule has 3 heterocycles.